The second kappa shape index (κ2) is 6.69. The predicted octanol–water partition coefficient (Wildman–Crippen LogP) is 4.08. The Balaban J connectivity index is 1.77. The van der Waals surface area contributed by atoms with Crippen LogP contribution in [0.4, 0.5) is 0 Å². The molecular formula is C20H18N2O2S. The number of carbonyl (C=O) groups excluding carboxylic acids is 1. The van der Waals surface area contributed by atoms with Crippen molar-refractivity contribution < 1.29 is 9.53 Å². The van der Waals surface area contributed by atoms with Gasteiger partial charge in [-0.15, -0.1) is 11.3 Å². The fourth-order valence-corrected chi connectivity index (χ4v) is 4.57. The first-order chi connectivity index (χ1) is 12.3. The number of carbonyl (C=O) groups is 1. The summed E-state index contributed by atoms with van der Waals surface area (Å²) >= 11 is 1.74. The number of nitrogens with zero attached hydrogens (tertiary/aromatic N) is 2. The molecule has 1 aromatic carbocycles. The minimum absolute atomic E-state index is 0.0919. The van der Waals surface area contributed by atoms with Crippen LogP contribution in [0.1, 0.15) is 33.3 Å². The van der Waals surface area contributed by atoms with Gasteiger partial charge in [0.2, 0.25) is 0 Å². The molecule has 0 bridgehead atoms. The molecule has 0 aliphatic heterocycles. The van der Waals surface area contributed by atoms with E-state index in [2.05, 4.69) is 39.9 Å². The number of esters is 1. The lowest BCUT2D eigenvalue weighted by atomic mass is 9.97. The molecule has 4 nitrogen and oxygen atoms in total. The molecule has 0 N–H and O–H groups in total. The van der Waals surface area contributed by atoms with Crippen molar-refractivity contribution in [1.82, 2.24) is 9.55 Å². The molecule has 0 saturated heterocycles. The molecule has 1 aliphatic carbocycles. The maximum Gasteiger partial charge on any atom is 0.333 e. The smallest absolute Gasteiger partial charge is 0.333 e. The summed E-state index contributed by atoms with van der Waals surface area (Å²) in [6.45, 7) is 0. The van der Waals surface area contributed by atoms with Crippen molar-refractivity contribution in [2.24, 2.45) is 0 Å². The van der Waals surface area contributed by atoms with Gasteiger partial charge in [-0.25, -0.2) is 9.78 Å². The van der Waals surface area contributed by atoms with Crippen molar-refractivity contribution in [3.63, 3.8) is 0 Å². The molecule has 4 rings (SSSR count). The van der Waals surface area contributed by atoms with Crippen LogP contribution in [-0.2, 0) is 16.0 Å². The Bertz CT molecular complexity index is 911. The number of hydrogen-bond acceptors (Lipinski definition) is 4. The Hall–Kier alpha value is -2.66. The van der Waals surface area contributed by atoms with E-state index in [1.54, 1.807) is 17.5 Å². The van der Waals surface area contributed by atoms with Crippen molar-refractivity contribution in [2.75, 3.05) is 7.11 Å². The van der Waals surface area contributed by atoms with Gasteiger partial charge in [0, 0.05) is 27.7 Å². The van der Waals surface area contributed by atoms with E-state index in [0.29, 0.717) is 0 Å². The zero-order chi connectivity index (χ0) is 17.2. The molecule has 3 aromatic rings. The molecule has 126 valence electrons. The lowest BCUT2D eigenvalue weighted by Crippen LogP contribution is -2.09. The van der Waals surface area contributed by atoms with Crippen LogP contribution in [0.25, 0.3) is 6.08 Å². The maximum absolute atomic E-state index is 11.8. The van der Waals surface area contributed by atoms with Crippen LogP contribution in [0.2, 0.25) is 0 Å². The van der Waals surface area contributed by atoms with Gasteiger partial charge < -0.3 is 9.30 Å². The van der Waals surface area contributed by atoms with Gasteiger partial charge in [0.25, 0.3) is 0 Å². The minimum atomic E-state index is -0.227. The quantitative estimate of drug-likeness (QED) is 0.666. The number of imidazole rings is 1. The molecule has 25 heavy (non-hydrogen) atoms. The van der Waals surface area contributed by atoms with Crippen LogP contribution in [0.3, 0.4) is 0 Å². The molecule has 2 heterocycles. The van der Waals surface area contributed by atoms with E-state index in [1.807, 2.05) is 24.7 Å². The molecule has 0 radical (unpaired) electrons. The van der Waals surface area contributed by atoms with E-state index in [0.717, 1.165) is 23.3 Å². The number of hydrogen-bond donors (Lipinski definition) is 0. The van der Waals surface area contributed by atoms with Gasteiger partial charge in [0.1, 0.15) is 0 Å². The minimum Gasteiger partial charge on any atom is -0.466 e. The van der Waals surface area contributed by atoms with Crippen molar-refractivity contribution in [3.05, 3.63) is 81.6 Å². The summed E-state index contributed by atoms with van der Waals surface area (Å²) in [7, 11) is 1.43. The molecule has 1 unspecified atom stereocenters. The summed E-state index contributed by atoms with van der Waals surface area (Å²) in [6.07, 6.45) is 9.24. The summed E-state index contributed by atoms with van der Waals surface area (Å²) in [5.74, 6) is -0.227. The van der Waals surface area contributed by atoms with E-state index >= 15 is 0 Å². The highest BCUT2D eigenvalue weighted by Crippen LogP contribution is 2.38. The number of aromatic nitrogens is 2. The third-order valence-electron chi connectivity index (χ3n) is 4.49. The first kappa shape index (κ1) is 15.8. The molecule has 0 saturated carbocycles. The number of benzene rings is 1. The second-order valence-corrected chi connectivity index (χ2v) is 7.14. The Morgan fingerprint density at radius 1 is 1.28 bits per heavy atom. The Kier molecular flexibility index (Phi) is 4.24. The van der Waals surface area contributed by atoms with Gasteiger partial charge >= 0.3 is 5.97 Å². The molecule has 0 fully saturated rings. The van der Waals surface area contributed by atoms with Crippen LogP contribution in [0, 0.1) is 0 Å². The van der Waals surface area contributed by atoms with Crippen LogP contribution in [-0.4, -0.2) is 22.6 Å². The largest absolute Gasteiger partial charge is 0.466 e. The molecule has 1 aliphatic rings. The molecule has 0 spiro atoms. The van der Waals surface area contributed by atoms with Crippen LogP contribution in [0.15, 0.2) is 60.7 Å². The lowest BCUT2D eigenvalue weighted by molar-refractivity contribution is -0.136. The summed E-state index contributed by atoms with van der Waals surface area (Å²) in [5.41, 5.74) is 3.27. The van der Waals surface area contributed by atoms with Gasteiger partial charge in [0.05, 0.1) is 19.5 Å². The Morgan fingerprint density at radius 2 is 2.12 bits per heavy atom. The zero-order valence-corrected chi connectivity index (χ0v) is 14.7. The van der Waals surface area contributed by atoms with Crippen LogP contribution >= 0.6 is 11.3 Å². The lowest BCUT2D eigenvalue weighted by Gasteiger charge is -2.17. The van der Waals surface area contributed by atoms with Gasteiger partial charge in [-0.05, 0) is 36.1 Å². The third kappa shape index (κ3) is 3.03. The monoisotopic (exact) mass is 350 g/mol. The average Bonchev–Trinajstić information content (AvgIpc) is 3.31. The number of aryl methyl sites for hydroxylation is 1. The van der Waals surface area contributed by atoms with Gasteiger partial charge in [0.15, 0.2) is 0 Å². The average molecular weight is 350 g/mol. The van der Waals surface area contributed by atoms with Gasteiger partial charge in [-0.3, -0.25) is 0 Å². The molecular weight excluding hydrogens is 332 g/mol. The van der Waals surface area contributed by atoms with E-state index in [9.17, 15) is 4.79 Å². The Morgan fingerprint density at radius 3 is 2.84 bits per heavy atom. The third-order valence-corrected chi connectivity index (χ3v) is 5.66. The summed E-state index contributed by atoms with van der Waals surface area (Å²) in [5, 5.41) is 0. The fourth-order valence-electron chi connectivity index (χ4n) is 3.25. The van der Waals surface area contributed by atoms with Crippen LogP contribution in [0.5, 0.6) is 0 Å². The highest BCUT2D eigenvalue weighted by atomic mass is 32.1. The van der Waals surface area contributed by atoms with Crippen molar-refractivity contribution in [1.29, 1.82) is 0 Å². The van der Waals surface area contributed by atoms with Crippen LogP contribution < -0.4 is 0 Å². The molecule has 0 amide bonds. The molecule has 2 aromatic heterocycles. The summed E-state index contributed by atoms with van der Waals surface area (Å²) < 4.78 is 6.99. The van der Waals surface area contributed by atoms with Crippen molar-refractivity contribution in [2.45, 2.75) is 18.9 Å². The fraction of sp³-hybridized carbons (Fsp3) is 0.200. The first-order valence-corrected chi connectivity index (χ1v) is 9.02. The molecule has 1 atom stereocenters. The SMILES string of the molecule is COC(=O)C1=Cc2sc(C(c3ccccc3)n3ccnc3)cc2CC1. The van der Waals surface area contributed by atoms with Crippen molar-refractivity contribution >= 4 is 23.4 Å². The number of thiophene rings is 1. The molecule has 5 heteroatoms. The normalized spacial score (nSPS) is 14.5. The number of rotatable bonds is 4. The standard InChI is InChI=1S/C20H18N2O2S/c1-24-20(23)16-8-7-15-11-18(25-17(15)12-16)19(22-10-9-21-13-22)14-5-3-2-4-6-14/h2-6,9-13,19H,7-8H2,1H3. The number of methoxy groups -OCH3 is 1. The van der Waals surface area contributed by atoms with Crippen molar-refractivity contribution in [3.8, 4) is 0 Å². The summed E-state index contributed by atoms with van der Waals surface area (Å²) in [4.78, 5) is 18.4. The van der Waals surface area contributed by atoms with Gasteiger partial charge in [-0.2, -0.15) is 0 Å². The highest BCUT2D eigenvalue weighted by Gasteiger charge is 2.23. The second-order valence-electron chi connectivity index (χ2n) is 6.02. The van der Waals surface area contributed by atoms with E-state index in [1.165, 1.54) is 23.1 Å². The van der Waals surface area contributed by atoms with E-state index in [-0.39, 0.29) is 12.0 Å². The Labute approximate surface area is 150 Å². The zero-order valence-electron chi connectivity index (χ0n) is 13.9. The van der Waals surface area contributed by atoms with E-state index < -0.39 is 0 Å². The first-order valence-electron chi connectivity index (χ1n) is 8.20. The maximum atomic E-state index is 11.8. The predicted molar refractivity (Wildman–Crippen MR) is 98.5 cm³/mol. The van der Waals surface area contributed by atoms with E-state index in [4.69, 9.17) is 4.74 Å². The summed E-state index contributed by atoms with van der Waals surface area (Å²) in [6, 6.07) is 12.8. The topological polar surface area (TPSA) is 44.1 Å². The number of fused-ring (bicyclic) bond motifs is 1. The highest BCUT2D eigenvalue weighted by molar-refractivity contribution is 7.13. The van der Waals surface area contributed by atoms with Gasteiger partial charge in [-0.1, -0.05) is 30.3 Å². The number of ether oxygens (including phenoxy) is 1.